The number of aromatic nitrogens is 1. The van der Waals surface area contributed by atoms with E-state index in [4.69, 9.17) is 4.52 Å². The zero-order valence-electron chi connectivity index (χ0n) is 15.6. The molecule has 3 rings (SSSR count). The lowest BCUT2D eigenvalue weighted by Crippen LogP contribution is -2.55. The van der Waals surface area contributed by atoms with Crippen LogP contribution in [0, 0.1) is 11.3 Å². The Bertz CT molecular complexity index is 640. The smallest absolute Gasteiger partial charge is 0.292 e. The van der Waals surface area contributed by atoms with Crippen LogP contribution < -0.4 is 0 Å². The number of amides is 2. The van der Waals surface area contributed by atoms with Crippen molar-refractivity contribution in [1.29, 1.82) is 0 Å². The summed E-state index contributed by atoms with van der Waals surface area (Å²) in [6.07, 6.45) is 4.34. The Labute approximate surface area is 149 Å². The molecule has 1 aromatic heterocycles. The lowest BCUT2D eigenvalue weighted by molar-refractivity contribution is -0.138. The van der Waals surface area contributed by atoms with E-state index >= 15 is 0 Å². The van der Waals surface area contributed by atoms with Gasteiger partial charge in [0.25, 0.3) is 5.91 Å². The maximum Gasteiger partial charge on any atom is 0.292 e. The molecule has 138 valence electrons. The molecule has 1 unspecified atom stereocenters. The van der Waals surface area contributed by atoms with Gasteiger partial charge in [0.15, 0.2) is 0 Å². The Balaban J connectivity index is 1.69. The van der Waals surface area contributed by atoms with Gasteiger partial charge in [-0.15, -0.1) is 0 Å². The van der Waals surface area contributed by atoms with Crippen molar-refractivity contribution in [1.82, 2.24) is 15.0 Å². The number of nitrogens with zero attached hydrogens (tertiary/aromatic N) is 3. The third kappa shape index (κ3) is 3.88. The SMILES string of the molecule is CCN1CC2(CCCN(C(=O)c3cc(CC(C)C)no3)C2)CCC1=O. The number of rotatable bonds is 4. The van der Waals surface area contributed by atoms with Crippen LogP contribution >= 0.6 is 0 Å². The zero-order valence-corrected chi connectivity index (χ0v) is 15.6. The summed E-state index contributed by atoms with van der Waals surface area (Å²) in [4.78, 5) is 28.7. The van der Waals surface area contributed by atoms with Gasteiger partial charge in [-0.3, -0.25) is 9.59 Å². The third-order valence-electron chi connectivity index (χ3n) is 5.47. The molecule has 2 amide bonds. The third-order valence-corrected chi connectivity index (χ3v) is 5.47. The molecule has 2 aliphatic heterocycles. The van der Waals surface area contributed by atoms with Gasteiger partial charge in [-0.2, -0.15) is 0 Å². The van der Waals surface area contributed by atoms with Crippen molar-refractivity contribution >= 4 is 11.8 Å². The van der Waals surface area contributed by atoms with E-state index < -0.39 is 0 Å². The lowest BCUT2D eigenvalue weighted by Gasteiger charge is -2.47. The molecule has 3 heterocycles. The lowest BCUT2D eigenvalue weighted by atomic mass is 9.73. The number of carbonyl (C=O) groups excluding carboxylic acids is 2. The van der Waals surface area contributed by atoms with Gasteiger partial charge in [0, 0.05) is 44.1 Å². The summed E-state index contributed by atoms with van der Waals surface area (Å²) < 4.78 is 5.31. The quantitative estimate of drug-likeness (QED) is 0.840. The first kappa shape index (κ1) is 18.0. The van der Waals surface area contributed by atoms with E-state index in [1.165, 1.54) is 0 Å². The second-order valence-electron chi connectivity index (χ2n) is 8.02. The Kier molecular flexibility index (Phi) is 5.16. The van der Waals surface area contributed by atoms with Crippen molar-refractivity contribution in [2.75, 3.05) is 26.2 Å². The van der Waals surface area contributed by atoms with E-state index in [1.54, 1.807) is 6.07 Å². The molecule has 1 spiro atoms. The van der Waals surface area contributed by atoms with Gasteiger partial charge in [0.2, 0.25) is 11.7 Å². The number of carbonyl (C=O) groups is 2. The van der Waals surface area contributed by atoms with Crippen LogP contribution in [0.4, 0.5) is 0 Å². The molecule has 25 heavy (non-hydrogen) atoms. The van der Waals surface area contributed by atoms with Crippen LogP contribution in [0.15, 0.2) is 10.6 Å². The second-order valence-corrected chi connectivity index (χ2v) is 8.02. The zero-order chi connectivity index (χ0) is 18.0. The molecule has 0 N–H and O–H groups in total. The van der Waals surface area contributed by atoms with Crippen molar-refractivity contribution in [3.63, 3.8) is 0 Å². The molecule has 0 aliphatic carbocycles. The Morgan fingerprint density at radius 2 is 2.16 bits per heavy atom. The van der Waals surface area contributed by atoms with Crippen LogP contribution in [0.5, 0.6) is 0 Å². The van der Waals surface area contributed by atoms with Crippen LogP contribution in [-0.4, -0.2) is 52.9 Å². The Hall–Kier alpha value is -1.85. The Morgan fingerprint density at radius 1 is 1.36 bits per heavy atom. The molecular weight excluding hydrogens is 318 g/mol. The van der Waals surface area contributed by atoms with E-state index in [0.29, 0.717) is 24.6 Å². The largest absolute Gasteiger partial charge is 0.351 e. The second kappa shape index (κ2) is 7.18. The Morgan fingerprint density at radius 3 is 2.88 bits per heavy atom. The molecule has 0 bridgehead atoms. The minimum absolute atomic E-state index is 0.0403. The van der Waals surface area contributed by atoms with Crippen molar-refractivity contribution in [3.8, 4) is 0 Å². The molecule has 0 saturated carbocycles. The minimum atomic E-state index is -0.0680. The molecule has 2 saturated heterocycles. The van der Waals surface area contributed by atoms with Gasteiger partial charge in [-0.25, -0.2) is 0 Å². The van der Waals surface area contributed by atoms with Gasteiger partial charge in [-0.1, -0.05) is 19.0 Å². The van der Waals surface area contributed by atoms with Gasteiger partial charge in [-0.05, 0) is 38.5 Å². The van der Waals surface area contributed by atoms with E-state index in [1.807, 2.05) is 16.7 Å². The summed E-state index contributed by atoms with van der Waals surface area (Å²) in [6, 6.07) is 1.78. The molecule has 2 aliphatic rings. The number of likely N-dealkylation sites (tertiary alicyclic amines) is 2. The number of hydrogen-bond acceptors (Lipinski definition) is 4. The first-order valence-corrected chi connectivity index (χ1v) is 9.45. The summed E-state index contributed by atoms with van der Waals surface area (Å²) in [7, 11) is 0. The minimum Gasteiger partial charge on any atom is -0.351 e. The average molecular weight is 347 g/mol. The van der Waals surface area contributed by atoms with E-state index in [2.05, 4.69) is 19.0 Å². The number of piperidine rings is 2. The fourth-order valence-electron chi connectivity index (χ4n) is 4.19. The standard InChI is InChI=1S/C19H29N3O3/c1-4-21-12-19(8-6-17(21)23)7-5-9-22(13-19)18(24)16-11-15(20-25-16)10-14(2)3/h11,14H,4-10,12-13H2,1-3H3. The maximum atomic E-state index is 12.9. The van der Waals surface area contributed by atoms with Crippen LogP contribution in [0.1, 0.15) is 62.7 Å². The molecule has 6 nitrogen and oxygen atoms in total. The summed E-state index contributed by atoms with van der Waals surface area (Å²) >= 11 is 0. The van der Waals surface area contributed by atoms with Crippen molar-refractivity contribution < 1.29 is 14.1 Å². The summed E-state index contributed by atoms with van der Waals surface area (Å²) in [6.45, 7) is 9.23. The molecule has 0 radical (unpaired) electrons. The highest BCUT2D eigenvalue weighted by molar-refractivity contribution is 5.91. The van der Waals surface area contributed by atoms with Gasteiger partial charge in [0.05, 0.1) is 5.69 Å². The normalized spacial score (nSPS) is 24.4. The summed E-state index contributed by atoms with van der Waals surface area (Å²) in [5.41, 5.74) is 0.879. The van der Waals surface area contributed by atoms with Crippen LogP contribution in [0.3, 0.4) is 0 Å². The van der Waals surface area contributed by atoms with Gasteiger partial charge in [0.1, 0.15) is 0 Å². The molecule has 1 atom stereocenters. The molecular formula is C19H29N3O3. The highest BCUT2D eigenvalue weighted by atomic mass is 16.5. The fraction of sp³-hybridized carbons (Fsp3) is 0.737. The van der Waals surface area contributed by atoms with Gasteiger partial charge < -0.3 is 14.3 Å². The predicted molar refractivity (Wildman–Crippen MR) is 94.1 cm³/mol. The monoisotopic (exact) mass is 347 g/mol. The van der Waals surface area contributed by atoms with E-state index in [9.17, 15) is 9.59 Å². The van der Waals surface area contributed by atoms with Crippen molar-refractivity contribution in [2.24, 2.45) is 11.3 Å². The van der Waals surface area contributed by atoms with Crippen LogP contribution in [0.25, 0.3) is 0 Å². The van der Waals surface area contributed by atoms with Crippen LogP contribution in [0.2, 0.25) is 0 Å². The highest BCUT2D eigenvalue weighted by Gasteiger charge is 2.42. The average Bonchev–Trinajstić information content (AvgIpc) is 3.04. The highest BCUT2D eigenvalue weighted by Crippen LogP contribution is 2.39. The van der Waals surface area contributed by atoms with Crippen molar-refractivity contribution in [3.05, 3.63) is 17.5 Å². The van der Waals surface area contributed by atoms with E-state index in [0.717, 1.165) is 51.0 Å². The van der Waals surface area contributed by atoms with E-state index in [-0.39, 0.29) is 17.2 Å². The first-order valence-electron chi connectivity index (χ1n) is 9.45. The molecule has 6 heteroatoms. The number of hydrogen-bond donors (Lipinski definition) is 0. The molecule has 0 aromatic carbocycles. The van der Waals surface area contributed by atoms with Crippen molar-refractivity contribution in [2.45, 2.75) is 52.9 Å². The summed E-state index contributed by atoms with van der Waals surface area (Å²) in [5, 5.41) is 4.04. The summed E-state index contributed by atoms with van der Waals surface area (Å²) in [5.74, 6) is 0.990. The van der Waals surface area contributed by atoms with Crippen LogP contribution in [-0.2, 0) is 11.2 Å². The maximum absolute atomic E-state index is 12.9. The molecule has 1 aromatic rings. The first-order chi connectivity index (χ1) is 11.9. The fourth-order valence-corrected chi connectivity index (χ4v) is 4.19. The topological polar surface area (TPSA) is 66.7 Å². The molecule has 2 fully saturated rings. The predicted octanol–water partition coefficient (Wildman–Crippen LogP) is 2.74. The van der Waals surface area contributed by atoms with Gasteiger partial charge >= 0.3 is 0 Å².